The van der Waals surface area contributed by atoms with Gasteiger partial charge in [0.05, 0.1) is 38.2 Å². The van der Waals surface area contributed by atoms with Gasteiger partial charge in [-0.05, 0) is 70.8 Å². The van der Waals surface area contributed by atoms with Crippen molar-refractivity contribution in [3.8, 4) is 5.75 Å². The number of unbranched alkanes of at least 4 members (excludes halogenated alkanes) is 1. The van der Waals surface area contributed by atoms with Crippen LogP contribution in [0.2, 0.25) is 0 Å². The predicted octanol–water partition coefficient (Wildman–Crippen LogP) is -0.343. The van der Waals surface area contributed by atoms with Gasteiger partial charge in [0.1, 0.15) is 72.2 Å². The van der Waals surface area contributed by atoms with Crippen LogP contribution in [-0.4, -0.2) is 291 Å². The number of H-pyrrole nitrogens is 1. The second-order valence-electron chi connectivity index (χ2n) is 32.2. The fourth-order valence-corrected chi connectivity index (χ4v) is 15.8. The van der Waals surface area contributed by atoms with Crippen LogP contribution >= 0.6 is 11.8 Å². The normalized spacial score (nSPS) is 21.5. The Hall–Kier alpha value is -14.7. The fraction of sp³-hybridized carbons (Fsp3) is 0.391. The molecule has 39 nitrogen and oxygen atoms in total. The molecule has 0 radical (unpaired) electrons. The first kappa shape index (κ1) is 103. The zero-order valence-corrected chi connectivity index (χ0v) is 74.9. The van der Waals surface area contributed by atoms with Crippen LogP contribution in [0.25, 0.3) is 10.9 Å². The average Bonchev–Trinajstić information content (AvgIpc) is 1.81. The van der Waals surface area contributed by atoms with Crippen molar-refractivity contribution in [2.24, 2.45) is 11.5 Å². The van der Waals surface area contributed by atoms with E-state index in [0.29, 0.717) is 63.3 Å². The summed E-state index contributed by atoms with van der Waals surface area (Å²) in [6.07, 6.45) is -1.74. The number of likely N-dealkylation sites (N-methyl/N-ethyl adjacent to an activating group) is 5. The molecule has 6 aromatic carbocycles. The number of nitrogens with one attached hydrogen (secondary N) is 12. The Labute approximate surface area is 766 Å². The van der Waals surface area contributed by atoms with Crippen molar-refractivity contribution >= 4 is 129 Å². The van der Waals surface area contributed by atoms with Crippen LogP contribution in [0, 0.1) is 5.41 Å². The van der Waals surface area contributed by atoms with E-state index in [1.165, 1.54) is 59.5 Å². The lowest BCUT2D eigenvalue weighted by Crippen LogP contribution is -2.60. The first-order valence-corrected chi connectivity index (χ1v) is 44.0. The number of carbonyl (C=O) groups is 17. The average molecular weight is 1840 g/mol. The number of aliphatic carboxylic acids is 2. The van der Waals surface area contributed by atoms with Gasteiger partial charge >= 0.3 is 11.9 Å². The number of hydrogen-bond acceptors (Lipinski definition) is 20. The Morgan fingerprint density at radius 3 is 1.39 bits per heavy atom. The quantitative estimate of drug-likeness (QED) is 0.0187. The van der Waals surface area contributed by atoms with E-state index in [4.69, 9.17) is 16.9 Å². The lowest BCUT2D eigenvalue weighted by Gasteiger charge is -2.37. The SMILES string of the molecule is CCCC[C@H]1C(=O)N(C)CC(=O)N[C@@H](CC(=O)O)C(=O)N[C@@H](Cc2ccccc2)C(=O)N(C)[C@@H](Cc2ccccc2)C(=O)N[C@@H](CCCNC(=N)N)C(=O)N(C)CC(=O)N[C@@H](Cc2c[nH]c3ccccc23)C(=O)N[C@@H](Cc2ccc(O)cc2)C(=O)N[C@@H](CC(=O)O)C(=O)N[C@H](C(=O)NCC(N)=O)CSCC(=O)N[C@@H](Cc2ccccc2)C(=O)N(C)[C@@H](Cc2ccccc2)C(=O)N1C. The lowest BCUT2D eigenvalue weighted by atomic mass is 9.99. The summed E-state index contributed by atoms with van der Waals surface area (Å²) in [5.74, 6) is -20.0. The number of phenolic OH excluding ortho intramolecular Hbond substituents is 1. The van der Waals surface area contributed by atoms with Gasteiger partial charge in [-0.15, -0.1) is 11.8 Å². The molecule has 1 aliphatic heterocycles. The highest BCUT2D eigenvalue weighted by Gasteiger charge is 2.42. The fourth-order valence-electron chi connectivity index (χ4n) is 14.9. The Bertz CT molecular complexity index is 5210. The highest BCUT2D eigenvalue weighted by molar-refractivity contribution is 8.00. The van der Waals surface area contributed by atoms with Crippen molar-refractivity contribution in [2.75, 3.05) is 72.9 Å². The first-order valence-electron chi connectivity index (χ1n) is 42.8. The molecule has 0 spiro atoms. The number of rotatable bonds is 26. The van der Waals surface area contributed by atoms with Crippen LogP contribution < -0.4 is 64.6 Å². The van der Waals surface area contributed by atoms with Gasteiger partial charge in [0.25, 0.3) is 0 Å². The van der Waals surface area contributed by atoms with Crippen LogP contribution in [0.15, 0.2) is 176 Å². The molecule has 1 fully saturated rings. The van der Waals surface area contributed by atoms with Gasteiger partial charge in [-0.3, -0.25) is 86.9 Å². The number of aromatic nitrogens is 1. The number of carboxylic acid groups (broad SMARTS) is 2. The third-order valence-electron chi connectivity index (χ3n) is 22.0. The number of hydrogen-bond donors (Lipinski definition) is 17. The number of nitrogens with zero attached hydrogens (tertiary/aromatic N) is 5. The van der Waals surface area contributed by atoms with Crippen molar-refractivity contribution in [2.45, 2.75) is 157 Å². The molecule has 11 atom stereocenters. The number of aromatic amines is 1. The summed E-state index contributed by atoms with van der Waals surface area (Å²) in [4.78, 5) is 256. The number of thioether (sulfide) groups is 1. The number of amides is 15. The van der Waals surface area contributed by atoms with Crippen LogP contribution in [0.5, 0.6) is 5.75 Å². The van der Waals surface area contributed by atoms with Gasteiger partial charge < -0.3 is 109 Å². The number of para-hydroxylation sites is 1. The van der Waals surface area contributed by atoms with Gasteiger partial charge in [-0.1, -0.05) is 171 Å². The molecule has 0 bridgehead atoms. The molecule has 2 heterocycles. The van der Waals surface area contributed by atoms with Crippen molar-refractivity contribution < 1.29 is 96.8 Å². The summed E-state index contributed by atoms with van der Waals surface area (Å²) in [6.45, 7) is -0.672. The predicted molar refractivity (Wildman–Crippen MR) is 488 cm³/mol. The van der Waals surface area contributed by atoms with Gasteiger partial charge in [-0.25, -0.2) is 0 Å². The molecule has 1 aromatic heterocycles. The van der Waals surface area contributed by atoms with Crippen LogP contribution in [-0.2, 0) is 120 Å². The van der Waals surface area contributed by atoms with E-state index in [-0.39, 0.29) is 69.2 Å². The Morgan fingerprint density at radius 2 is 0.856 bits per heavy atom. The molecule has 7 aromatic rings. The standard InChI is InChI=1S/C92H115N19O20S/c1-7-8-35-72-90(130)108(3)52-77(115)100-67(47-79(117)118)84(124)105-70(43-56-26-15-10-16-27-56)89(129)110(5)73(44-57-28-17-11-18-29-57)86(126)102-64(34-23-40-96-92(94)95)87(127)107(2)51-76(114)99-66(46-60-49-97-63-33-22-21-32-62(60)63)83(123)103-65(41-59-36-38-61(112)39-37-59)82(122)104-68(48-80(119)120)85(125)106-71(81(121)98-50-75(93)113)53-132-54-78(116)101-69(42-55-24-13-9-14-25-55)88(128)111(6)74(91(131)109(72)4)45-58-30-19-12-20-31-58/h9-22,24-33,36-39,49,64-74,97,112H,7-8,23,34-35,40-48,50-54H2,1-6H3,(H2,93,113)(H,98,121)(H,99,114)(H,100,115)(H,101,116)(H,102,126)(H,103,123)(H,104,122)(H,105,124)(H,106,125)(H,117,118)(H,119,120)(H4,94,95,96)/t64-,65-,66-,67-,68-,69-,70-,71-,72-,73-,74-/m0/s1. The molecule has 19 N–H and O–H groups in total. The molecular weight excluding hydrogens is 1720 g/mol. The van der Waals surface area contributed by atoms with E-state index in [2.05, 4.69) is 58.2 Å². The van der Waals surface area contributed by atoms with Gasteiger partial charge in [0.15, 0.2) is 5.96 Å². The number of phenols is 1. The topological polar surface area (TPSA) is 579 Å². The molecule has 8 rings (SSSR count). The lowest BCUT2D eigenvalue weighted by molar-refractivity contribution is -0.151. The van der Waals surface area contributed by atoms with Crippen LogP contribution in [0.3, 0.4) is 0 Å². The van der Waals surface area contributed by atoms with Crippen molar-refractivity contribution in [3.05, 3.63) is 209 Å². The van der Waals surface area contributed by atoms with Gasteiger partial charge in [0, 0.05) is 103 Å². The zero-order valence-electron chi connectivity index (χ0n) is 74.1. The molecule has 0 aliphatic carbocycles. The number of carbonyl (C=O) groups excluding carboxylic acids is 15. The summed E-state index contributed by atoms with van der Waals surface area (Å²) < 4.78 is 0. The molecule has 0 unspecified atom stereocenters. The van der Waals surface area contributed by atoms with E-state index in [1.807, 2.05) is 6.92 Å². The van der Waals surface area contributed by atoms with E-state index < -0.39 is 223 Å². The number of carboxylic acids is 2. The largest absolute Gasteiger partial charge is 0.508 e. The molecule has 1 saturated heterocycles. The maximum atomic E-state index is 15.5. The van der Waals surface area contributed by atoms with E-state index in [1.54, 1.807) is 152 Å². The molecule has 15 amide bonds. The number of guanidine groups is 1. The third-order valence-corrected chi connectivity index (χ3v) is 23.0. The number of aromatic hydroxyl groups is 1. The van der Waals surface area contributed by atoms with Crippen molar-refractivity contribution in [3.63, 3.8) is 0 Å². The molecule has 132 heavy (non-hydrogen) atoms. The second-order valence-corrected chi connectivity index (χ2v) is 33.2. The Morgan fingerprint density at radius 1 is 0.432 bits per heavy atom. The molecule has 1 aliphatic rings. The smallest absolute Gasteiger partial charge is 0.305 e. The maximum absolute atomic E-state index is 15.5. The summed E-state index contributed by atoms with van der Waals surface area (Å²) in [5.41, 5.74) is 14.4. The summed E-state index contributed by atoms with van der Waals surface area (Å²) in [7, 11) is 6.39. The van der Waals surface area contributed by atoms with E-state index in [9.17, 15) is 58.5 Å². The zero-order chi connectivity index (χ0) is 96.3. The minimum absolute atomic E-state index is 0.00112. The summed E-state index contributed by atoms with van der Waals surface area (Å²) in [5, 5.41) is 65.0. The van der Waals surface area contributed by atoms with Crippen LogP contribution in [0.1, 0.15) is 85.3 Å². The van der Waals surface area contributed by atoms with E-state index in [0.717, 1.165) is 24.5 Å². The van der Waals surface area contributed by atoms with Crippen LogP contribution in [0.4, 0.5) is 0 Å². The number of nitrogens with two attached hydrogens (primary N) is 2. The molecule has 704 valence electrons. The molecule has 40 heteroatoms. The van der Waals surface area contributed by atoms with Gasteiger partial charge in [0.2, 0.25) is 88.6 Å². The molecule has 0 saturated carbocycles. The minimum Gasteiger partial charge on any atom is -0.508 e. The highest BCUT2D eigenvalue weighted by atomic mass is 32.2. The highest BCUT2D eigenvalue weighted by Crippen LogP contribution is 2.24. The van der Waals surface area contributed by atoms with Crippen molar-refractivity contribution in [1.29, 1.82) is 5.41 Å². The number of benzene rings is 6. The number of fused-ring (bicyclic) bond motifs is 1. The third kappa shape index (κ3) is 31.9. The summed E-state index contributed by atoms with van der Waals surface area (Å²) in [6, 6.07) is 27.5. The Kier molecular flexibility index (Phi) is 39.6. The first-order chi connectivity index (χ1) is 63.0. The van der Waals surface area contributed by atoms with Crippen molar-refractivity contribution in [1.82, 2.24) is 82.7 Å². The van der Waals surface area contributed by atoms with E-state index >= 15 is 38.4 Å². The number of primary amides is 1. The minimum atomic E-state index is -2.09. The van der Waals surface area contributed by atoms with Gasteiger partial charge in [-0.2, -0.15) is 0 Å². The Balaban J connectivity index is 1.22. The maximum Gasteiger partial charge on any atom is 0.305 e. The monoisotopic (exact) mass is 1840 g/mol. The summed E-state index contributed by atoms with van der Waals surface area (Å²) >= 11 is 0.711. The second kappa shape index (κ2) is 50.9. The molecular formula is C92H115N19O20S.